The maximum Gasteiger partial charge on any atom is 0.0944 e. The minimum Gasteiger partial charge on any atom is -0.381 e. The summed E-state index contributed by atoms with van der Waals surface area (Å²) in [6.45, 7) is 2.88. The molecule has 2 fully saturated rings. The first-order valence-electron chi connectivity index (χ1n) is 3.69. The third-order valence-electron chi connectivity index (χ3n) is 1.40. The average molecular weight is 165 g/mol. The lowest BCUT2D eigenvalue weighted by Crippen LogP contribution is -1.80. The van der Waals surface area contributed by atoms with Crippen LogP contribution >= 0.6 is 11.6 Å². The van der Waals surface area contributed by atoms with E-state index in [0.29, 0.717) is 12.0 Å². The molecule has 10 heavy (non-hydrogen) atoms. The van der Waals surface area contributed by atoms with E-state index >= 15 is 0 Å². The Morgan fingerprint density at radius 2 is 1.90 bits per heavy atom. The van der Waals surface area contributed by atoms with Crippen molar-refractivity contribution in [3.05, 3.63) is 0 Å². The summed E-state index contributed by atoms with van der Waals surface area (Å²) in [6.07, 6.45) is 2.96. The van der Waals surface area contributed by atoms with E-state index in [-0.39, 0.29) is 0 Å². The van der Waals surface area contributed by atoms with Gasteiger partial charge >= 0.3 is 0 Å². The Hall–Kier alpha value is 0.210. The molecule has 2 aliphatic rings. The zero-order valence-corrected chi connectivity index (χ0v) is 6.77. The summed E-state index contributed by atoms with van der Waals surface area (Å²) in [7, 11) is 0. The predicted octanol–water partition coefficient (Wildman–Crippen LogP) is 1.42. The normalized spacial score (nSPS) is 29.1. The van der Waals surface area contributed by atoms with Crippen molar-refractivity contribution in [2.75, 3.05) is 25.7 Å². The lowest BCUT2D eigenvalue weighted by molar-refractivity contribution is 0.198. The van der Waals surface area contributed by atoms with Crippen molar-refractivity contribution in [2.24, 2.45) is 0 Å². The maximum atomic E-state index is 5.27. The molecule has 1 atom stereocenters. The van der Waals surface area contributed by atoms with E-state index in [4.69, 9.17) is 21.1 Å². The number of halogens is 1. The van der Waals surface area contributed by atoms with Gasteiger partial charge in [-0.15, -0.1) is 11.6 Å². The highest BCUT2D eigenvalue weighted by Gasteiger charge is 2.19. The summed E-state index contributed by atoms with van der Waals surface area (Å²) in [6, 6.07) is 0. The standard InChI is InChI=1S/C4H8O.C3H5ClO/c1-2-4-5-3-1;4-1-3-2-5-3/h1-4H2;3H,1-2H2. The van der Waals surface area contributed by atoms with Crippen LogP contribution in [0, 0.1) is 0 Å². The molecular formula is C7H13ClO2. The van der Waals surface area contributed by atoms with Crippen molar-refractivity contribution < 1.29 is 9.47 Å². The predicted molar refractivity (Wildman–Crippen MR) is 40.5 cm³/mol. The van der Waals surface area contributed by atoms with Gasteiger partial charge in [0.05, 0.1) is 18.6 Å². The number of ether oxygens (including phenoxy) is 2. The molecule has 2 heterocycles. The fourth-order valence-electron chi connectivity index (χ4n) is 0.667. The zero-order valence-electron chi connectivity index (χ0n) is 6.01. The van der Waals surface area contributed by atoms with Gasteiger partial charge in [0.2, 0.25) is 0 Å². The van der Waals surface area contributed by atoms with E-state index in [0.717, 1.165) is 19.8 Å². The molecule has 0 aromatic rings. The monoisotopic (exact) mass is 164 g/mol. The van der Waals surface area contributed by atoms with Gasteiger partial charge in [-0.05, 0) is 12.8 Å². The first kappa shape index (κ1) is 8.31. The molecule has 0 radical (unpaired) electrons. The lowest BCUT2D eigenvalue weighted by atomic mass is 10.4. The van der Waals surface area contributed by atoms with Gasteiger partial charge in [-0.3, -0.25) is 0 Å². The van der Waals surface area contributed by atoms with Crippen molar-refractivity contribution in [3.63, 3.8) is 0 Å². The molecule has 1 unspecified atom stereocenters. The third kappa shape index (κ3) is 4.09. The van der Waals surface area contributed by atoms with Gasteiger partial charge in [-0.25, -0.2) is 0 Å². The zero-order chi connectivity index (χ0) is 7.23. The summed E-state index contributed by atoms with van der Waals surface area (Å²) in [5, 5.41) is 0. The van der Waals surface area contributed by atoms with E-state index in [2.05, 4.69) is 0 Å². The Bertz CT molecular complexity index is 72.1. The largest absolute Gasteiger partial charge is 0.381 e. The summed E-state index contributed by atoms with van der Waals surface area (Å²) < 4.78 is 9.67. The lowest BCUT2D eigenvalue weighted by Gasteiger charge is -1.76. The first-order chi connectivity index (χ1) is 4.93. The molecule has 0 spiro atoms. The van der Waals surface area contributed by atoms with Crippen LogP contribution in [0.4, 0.5) is 0 Å². The van der Waals surface area contributed by atoms with E-state index in [1.54, 1.807) is 0 Å². The molecule has 2 nitrogen and oxygen atoms in total. The van der Waals surface area contributed by atoms with Crippen LogP contribution in [-0.2, 0) is 9.47 Å². The Kier molecular flexibility index (Phi) is 4.10. The maximum absolute atomic E-state index is 5.27. The molecule has 0 N–H and O–H groups in total. The topological polar surface area (TPSA) is 21.8 Å². The Morgan fingerprint density at radius 3 is 2.00 bits per heavy atom. The summed E-state index contributed by atoms with van der Waals surface area (Å²) in [5.74, 6) is 0.667. The van der Waals surface area contributed by atoms with Crippen molar-refractivity contribution in [1.82, 2.24) is 0 Å². The second-order valence-electron chi connectivity index (χ2n) is 2.43. The average Bonchev–Trinajstić information content (AvgIpc) is 2.63. The number of alkyl halides is 1. The number of rotatable bonds is 1. The van der Waals surface area contributed by atoms with Gasteiger partial charge in [-0.1, -0.05) is 0 Å². The van der Waals surface area contributed by atoms with Crippen molar-refractivity contribution in [2.45, 2.75) is 18.9 Å². The summed E-state index contributed by atoms with van der Waals surface area (Å²) in [5.41, 5.74) is 0. The second-order valence-corrected chi connectivity index (χ2v) is 2.74. The van der Waals surface area contributed by atoms with Gasteiger partial charge in [-0.2, -0.15) is 0 Å². The highest BCUT2D eigenvalue weighted by Crippen LogP contribution is 2.08. The van der Waals surface area contributed by atoms with Crippen molar-refractivity contribution >= 4 is 11.6 Å². The van der Waals surface area contributed by atoms with Crippen LogP contribution in [0.3, 0.4) is 0 Å². The molecule has 60 valence electrons. The van der Waals surface area contributed by atoms with Crippen LogP contribution in [0.15, 0.2) is 0 Å². The Balaban J connectivity index is 0.0000001000. The van der Waals surface area contributed by atoms with Crippen LogP contribution in [0.1, 0.15) is 12.8 Å². The van der Waals surface area contributed by atoms with E-state index in [1.807, 2.05) is 0 Å². The fourth-order valence-corrected chi connectivity index (χ4v) is 0.846. The van der Waals surface area contributed by atoms with Gasteiger partial charge in [0.1, 0.15) is 0 Å². The molecule has 0 aromatic carbocycles. The van der Waals surface area contributed by atoms with E-state index in [9.17, 15) is 0 Å². The minimum absolute atomic E-state index is 0.400. The number of hydrogen-bond donors (Lipinski definition) is 0. The second kappa shape index (κ2) is 4.94. The molecule has 0 amide bonds. The highest BCUT2D eigenvalue weighted by molar-refractivity contribution is 6.18. The molecule has 0 aliphatic carbocycles. The Labute approximate surface area is 66.5 Å². The van der Waals surface area contributed by atoms with Crippen molar-refractivity contribution in [1.29, 1.82) is 0 Å². The third-order valence-corrected chi connectivity index (χ3v) is 1.75. The van der Waals surface area contributed by atoms with Crippen LogP contribution in [0.2, 0.25) is 0 Å². The molecule has 2 rings (SSSR count). The van der Waals surface area contributed by atoms with Gasteiger partial charge in [0, 0.05) is 13.2 Å². The van der Waals surface area contributed by atoms with E-state index in [1.165, 1.54) is 12.8 Å². The molecular weight excluding hydrogens is 152 g/mol. The molecule has 0 aromatic heterocycles. The van der Waals surface area contributed by atoms with Gasteiger partial charge in [0.25, 0.3) is 0 Å². The number of epoxide rings is 1. The first-order valence-corrected chi connectivity index (χ1v) is 4.22. The van der Waals surface area contributed by atoms with Crippen LogP contribution < -0.4 is 0 Å². The summed E-state index contributed by atoms with van der Waals surface area (Å²) >= 11 is 5.27. The van der Waals surface area contributed by atoms with Gasteiger partial charge < -0.3 is 9.47 Å². The molecule has 2 aliphatic heterocycles. The minimum atomic E-state index is 0.400. The molecule has 0 saturated carbocycles. The smallest absolute Gasteiger partial charge is 0.0944 e. The van der Waals surface area contributed by atoms with Crippen LogP contribution in [-0.4, -0.2) is 31.8 Å². The number of hydrogen-bond acceptors (Lipinski definition) is 2. The Morgan fingerprint density at radius 1 is 1.30 bits per heavy atom. The van der Waals surface area contributed by atoms with E-state index < -0.39 is 0 Å². The van der Waals surface area contributed by atoms with Crippen LogP contribution in [0.25, 0.3) is 0 Å². The van der Waals surface area contributed by atoms with Crippen molar-refractivity contribution in [3.8, 4) is 0 Å². The molecule has 0 bridgehead atoms. The van der Waals surface area contributed by atoms with Crippen LogP contribution in [0.5, 0.6) is 0 Å². The van der Waals surface area contributed by atoms with Gasteiger partial charge in [0.15, 0.2) is 0 Å². The summed E-state index contributed by atoms with van der Waals surface area (Å²) in [4.78, 5) is 0. The fraction of sp³-hybridized carbons (Fsp3) is 1.00. The molecule has 2 saturated heterocycles. The quantitative estimate of drug-likeness (QED) is 0.432. The highest BCUT2D eigenvalue weighted by atomic mass is 35.5. The molecule has 3 heteroatoms. The SMILES string of the molecule is C1CCOC1.ClCC1CO1.